The van der Waals surface area contributed by atoms with Gasteiger partial charge in [0.2, 0.25) is 0 Å². The lowest BCUT2D eigenvalue weighted by molar-refractivity contribution is 0.138. The van der Waals surface area contributed by atoms with Crippen LogP contribution >= 0.6 is 0 Å². The highest BCUT2D eigenvalue weighted by molar-refractivity contribution is 5.75. The minimum atomic E-state index is -0.182. The Morgan fingerprint density at radius 2 is 2.15 bits per heavy atom. The van der Waals surface area contributed by atoms with Crippen molar-refractivity contribution in [3.05, 3.63) is 0 Å². The van der Waals surface area contributed by atoms with Crippen LogP contribution in [0.25, 0.3) is 0 Å². The van der Waals surface area contributed by atoms with Gasteiger partial charge >= 0.3 is 6.03 Å². The molecule has 0 aliphatic carbocycles. The van der Waals surface area contributed by atoms with Crippen LogP contribution in [-0.2, 0) is 4.74 Å². The summed E-state index contributed by atoms with van der Waals surface area (Å²) >= 11 is 0. The fraction of sp³-hybridized carbons (Fsp3) is 0.889. The molecule has 1 heterocycles. The fourth-order valence-electron chi connectivity index (χ4n) is 1.30. The second-order valence-corrected chi connectivity index (χ2v) is 4.32. The predicted molar refractivity (Wildman–Crippen MR) is 50.4 cm³/mol. The molecule has 76 valence electrons. The number of ether oxygens (including phenoxy) is 1. The van der Waals surface area contributed by atoms with Gasteiger partial charge in [-0.2, -0.15) is 0 Å². The van der Waals surface area contributed by atoms with Crippen LogP contribution in [0.3, 0.4) is 0 Å². The van der Waals surface area contributed by atoms with Crippen molar-refractivity contribution >= 4 is 6.03 Å². The maximum Gasteiger partial charge on any atom is 0.319 e. The number of hydrogen-bond donors (Lipinski definition) is 1. The standard InChI is InChI=1S/C9H18N2O2/c1-7(2)10-8(12)11-6-13-5-9(11,3)4/h7H,5-6H2,1-4H3,(H,10,12). The van der Waals surface area contributed by atoms with Gasteiger partial charge in [-0.3, -0.25) is 4.90 Å². The molecule has 0 bridgehead atoms. The number of rotatable bonds is 1. The molecule has 1 fully saturated rings. The van der Waals surface area contributed by atoms with Gasteiger partial charge in [0.25, 0.3) is 0 Å². The highest BCUT2D eigenvalue weighted by Gasteiger charge is 2.36. The van der Waals surface area contributed by atoms with E-state index in [1.54, 1.807) is 4.90 Å². The van der Waals surface area contributed by atoms with Gasteiger partial charge in [0.05, 0.1) is 12.1 Å². The minimum absolute atomic E-state index is 0.0440. The molecule has 0 spiro atoms. The summed E-state index contributed by atoms with van der Waals surface area (Å²) in [5.41, 5.74) is -0.182. The van der Waals surface area contributed by atoms with E-state index in [1.807, 2.05) is 27.7 Å². The number of amides is 2. The summed E-state index contributed by atoms with van der Waals surface area (Å²) < 4.78 is 5.24. The van der Waals surface area contributed by atoms with Gasteiger partial charge in [-0.05, 0) is 27.7 Å². The fourth-order valence-corrected chi connectivity index (χ4v) is 1.30. The van der Waals surface area contributed by atoms with Gasteiger partial charge in [-0.1, -0.05) is 0 Å². The van der Waals surface area contributed by atoms with Crippen LogP contribution in [0.15, 0.2) is 0 Å². The summed E-state index contributed by atoms with van der Waals surface area (Å²) in [6, 6.07) is 0.126. The smallest absolute Gasteiger partial charge is 0.319 e. The van der Waals surface area contributed by atoms with E-state index < -0.39 is 0 Å². The Balaban J connectivity index is 2.56. The molecule has 0 aromatic carbocycles. The highest BCUT2D eigenvalue weighted by atomic mass is 16.5. The Labute approximate surface area is 79.2 Å². The number of hydrogen-bond acceptors (Lipinski definition) is 2. The summed E-state index contributed by atoms with van der Waals surface area (Å²) in [6.07, 6.45) is 0. The first-order valence-electron chi connectivity index (χ1n) is 4.59. The van der Waals surface area contributed by atoms with Gasteiger partial charge in [0.1, 0.15) is 6.73 Å². The molecule has 0 aromatic heterocycles. The zero-order valence-corrected chi connectivity index (χ0v) is 8.76. The lowest BCUT2D eigenvalue weighted by Gasteiger charge is -2.29. The van der Waals surface area contributed by atoms with E-state index in [9.17, 15) is 4.79 Å². The topological polar surface area (TPSA) is 41.6 Å². The average molecular weight is 186 g/mol. The van der Waals surface area contributed by atoms with Gasteiger partial charge in [0, 0.05) is 6.04 Å². The molecular formula is C9H18N2O2. The molecule has 1 saturated heterocycles. The third-order valence-electron chi connectivity index (χ3n) is 2.06. The third-order valence-corrected chi connectivity index (χ3v) is 2.06. The normalized spacial score (nSPS) is 20.8. The van der Waals surface area contributed by atoms with Crippen molar-refractivity contribution < 1.29 is 9.53 Å². The molecule has 0 radical (unpaired) electrons. The summed E-state index contributed by atoms with van der Waals surface area (Å²) in [4.78, 5) is 13.3. The molecule has 0 aromatic rings. The van der Waals surface area contributed by atoms with Crippen LogP contribution in [0.1, 0.15) is 27.7 Å². The molecule has 1 N–H and O–H groups in total. The summed E-state index contributed by atoms with van der Waals surface area (Å²) in [6.45, 7) is 8.90. The van der Waals surface area contributed by atoms with E-state index in [0.717, 1.165) is 0 Å². The van der Waals surface area contributed by atoms with Crippen molar-refractivity contribution in [1.82, 2.24) is 10.2 Å². The SMILES string of the molecule is CC(C)NC(=O)N1COCC1(C)C. The monoisotopic (exact) mass is 186 g/mol. The molecule has 1 rings (SSSR count). The molecule has 4 nitrogen and oxygen atoms in total. The Bertz CT molecular complexity index is 202. The zero-order chi connectivity index (χ0) is 10.1. The number of nitrogens with one attached hydrogen (secondary N) is 1. The van der Waals surface area contributed by atoms with Crippen LogP contribution in [0.5, 0.6) is 0 Å². The third kappa shape index (κ3) is 2.34. The summed E-state index contributed by atoms with van der Waals surface area (Å²) in [7, 11) is 0. The lowest BCUT2D eigenvalue weighted by atomic mass is 10.1. The Kier molecular flexibility index (Phi) is 2.81. The lowest BCUT2D eigenvalue weighted by Crippen LogP contribution is -2.50. The van der Waals surface area contributed by atoms with Crippen molar-refractivity contribution in [2.45, 2.75) is 39.3 Å². The first kappa shape index (κ1) is 10.3. The van der Waals surface area contributed by atoms with Crippen molar-refractivity contribution in [1.29, 1.82) is 0 Å². The summed E-state index contributed by atoms with van der Waals surface area (Å²) in [5, 5.41) is 2.85. The molecule has 13 heavy (non-hydrogen) atoms. The number of urea groups is 1. The molecule has 1 aliphatic rings. The molecule has 4 heteroatoms. The Hall–Kier alpha value is -0.770. The average Bonchev–Trinajstić information content (AvgIpc) is 2.27. The number of nitrogens with zero attached hydrogens (tertiary/aromatic N) is 1. The van der Waals surface area contributed by atoms with Crippen LogP contribution in [-0.4, -0.2) is 35.8 Å². The Morgan fingerprint density at radius 1 is 1.54 bits per heavy atom. The van der Waals surface area contributed by atoms with E-state index in [4.69, 9.17) is 4.74 Å². The van der Waals surface area contributed by atoms with Crippen LogP contribution < -0.4 is 5.32 Å². The van der Waals surface area contributed by atoms with Gasteiger partial charge in [-0.15, -0.1) is 0 Å². The number of carbonyl (C=O) groups is 1. The van der Waals surface area contributed by atoms with Gasteiger partial charge in [0.15, 0.2) is 0 Å². The molecule has 0 unspecified atom stereocenters. The van der Waals surface area contributed by atoms with Crippen molar-refractivity contribution in [3.63, 3.8) is 0 Å². The highest BCUT2D eigenvalue weighted by Crippen LogP contribution is 2.21. The first-order valence-corrected chi connectivity index (χ1v) is 4.59. The summed E-state index contributed by atoms with van der Waals surface area (Å²) in [5.74, 6) is 0. The van der Waals surface area contributed by atoms with Crippen LogP contribution in [0, 0.1) is 0 Å². The number of carbonyl (C=O) groups excluding carboxylic acids is 1. The molecular weight excluding hydrogens is 168 g/mol. The molecule has 0 saturated carbocycles. The Morgan fingerprint density at radius 3 is 2.54 bits per heavy atom. The van der Waals surface area contributed by atoms with Gasteiger partial charge in [-0.25, -0.2) is 4.79 Å². The van der Waals surface area contributed by atoms with E-state index in [-0.39, 0.29) is 17.6 Å². The maximum atomic E-state index is 11.6. The van der Waals surface area contributed by atoms with Crippen molar-refractivity contribution in [3.8, 4) is 0 Å². The largest absolute Gasteiger partial charge is 0.359 e. The second-order valence-electron chi connectivity index (χ2n) is 4.32. The molecule has 0 atom stereocenters. The quantitative estimate of drug-likeness (QED) is 0.668. The molecule has 2 amide bonds. The molecule has 1 aliphatic heterocycles. The van der Waals surface area contributed by atoms with E-state index in [2.05, 4.69) is 5.32 Å². The second kappa shape index (κ2) is 3.54. The van der Waals surface area contributed by atoms with E-state index in [1.165, 1.54) is 0 Å². The van der Waals surface area contributed by atoms with Crippen molar-refractivity contribution in [2.24, 2.45) is 0 Å². The first-order chi connectivity index (χ1) is 5.93. The maximum absolute atomic E-state index is 11.6. The van der Waals surface area contributed by atoms with Crippen molar-refractivity contribution in [2.75, 3.05) is 13.3 Å². The van der Waals surface area contributed by atoms with Crippen LogP contribution in [0.2, 0.25) is 0 Å². The zero-order valence-electron chi connectivity index (χ0n) is 8.76. The van der Waals surface area contributed by atoms with E-state index >= 15 is 0 Å². The van der Waals surface area contributed by atoms with Gasteiger partial charge < -0.3 is 10.1 Å². The van der Waals surface area contributed by atoms with Crippen LogP contribution in [0.4, 0.5) is 4.79 Å². The van der Waals surface area contributed by atoms with E-state index in [0.29, 0.717) is 13.3 Å². The predicted octanol–water partition coefficient (Wildman–Crippen LogP) is 1.17. The minimum Gasteiger partial charge on any atom is -0.359 e.